The van der Waals surface area contributed by atoms with Crippen LogP contribution >= 0.6 is 0 Å². The van der Waals surface area contributed by atoms with E-state index >= 15 is 0 Å². The van der Waals surface area contributed by atoms with Gasteiger partial charge in [0, 0.05) is 44.1 Å². The van der Waals surface area contributed by atoms with Gasteiger partial charge >= 0.3 is 0 Å². The van der Waals surface area contributed by atoms with Crippen molar-refractivity contribution in [3.8, 4) is 0 Å². The maximum Gasteiger partial charge on any atom is 0.298 e. The molecule has 1 fully saturated rings. The number of oxazole rings is 1. The van der Waals surface area contributed by atoms with Crippen molar-refractivity contribution in [3.05, 3.63) is 48.3 Å². The minimum absolute atomic E-state index is 0.0236. The smallest absolute Gasteiger partial charge is 0.298 e. The van der Waals surface area contributed by atoms with Crippen LogP contribution in [0, 0.1) is 0 Å². The van der Waals surface area contributed by atoms with Gasteiger partial charge < -0.3 is 18.8 Å². The maximum atomic E-state index is 12.8. The topological polar surface area (TPSA) is 54.5 Å². The van der Waals surface area contributed by atoms with Crippen molar-refractivity contribution in [1.82, 2.24) is 14.5 Å². The van der Waals surface area contributed by atoms with E-state index in [1.54, 1.807) is 0 Å². The van der Waals surface area contributed by atoms with Crippen LogP contribution in [0.4, 0.5) is 6.01 Å². The molecule has 0 radical (unpaired) electrons. The van der Waals surface area contributed by atoms with Crippen LogP contribution < -0.4 is 4.90 Å². The number of anilines is 1. The second-order valence-electron chi connectivity index (χ2n) is 7.72. The Bertz CT molecular complexity index is 894. The molecule has 0 atom stereocenters. The maximum absolute atomic E-state index is 12.8. The van der Waals surface area contributed by atoms with Gasteiger partial charge in [-0.2, -0.15) is 4.98 Å². The molecule has 0 unspecified atom stereocenters. The lowest BCUT2D eigenvalue weighted by Crippen LogP contribution is -2.48. The molecule has 0 saturated carbocycles. The molecule has 1 aliphatic heterocycles. The highest BCUT2D eigenvalue weighted by atomic mass is 16.4. The Kier molecular flexibility index (Phi) is 3.98. The molecular weight excluding hydrogens is 328 g/mol. The van der Waals surface area contributed by atoms with Crippen LogP contribution in [-0.2, 0) is 5.54 Å². The molecule has 2 aromatic heterocycles. The molecule has 0 bridgehead atoms. The fourth-order valence-corrected chi connectivity index (χ4v) is 3.22. The number of hydrogen-bond donors (Lipinski definition) is 0. The summed E-state index contributed by atoms with van der Waals surface area (Å²) in [6.07, 6.45) is 3.91. The molecule has 6 nitrogen and oxygen atoms in total. The molecule has 0 N–H and O–H groups in total. The zero-order valence-electron chi connectivity index (χ0n) is 15.5. The number of carbonyl (C=O) groups excluding carboxylic acids is 1. The first-order valence-corrected chi connectivity index (χ1v) is 9.00. The minimum Gasteiger partial charge on any atom is -0.423 e. The number of hydrogen-bond acceptors (Lipinski definition) is 4. The highest BCUT2D eigenvalue weighted by molar-refractivity contribution is 5.94. The van der Waals surface area contributed by atoms with Crippen molar-refractivity contribution in [1.29, 1.82) is 0 Å². The van der Waals surface area contributed by atoms with E-state index in [4.69, 9.17) is 4.42 Å². The Hall–Kier alpha value is -2.76. The Balaban J connectivity index is 1.43. The number of carbonyl (C=O) groups is 1. The van der Waals surface area contributed by atoms with E-state index in [0.29, 0.717) is 19.1 Å². The van der Waals surface area contributed by atoms with E-state index in [2.05, 4.69) is 35.2 Å². The highest BCUT2D eigenvalue weighted by Gasteiger charge is 2.26. The molecule has 26 heavy (non-hydrogen) atoms. The summed E-state index contributed by atoms with van der Waals surface area (Å²) in [6, 6.07) is 10.3. The van der Waals surface area contributed by atoms with Crippen LogP contribution in [0.1, 0.15) is 31.1 Å². The molecule has 1 amide bonds. The van der Waals surface area contributed by atoms with Gasteiger partial charge in [0.2, 0.25) is 0 Å². The van der Waals surface area contributed by atoms with E-state index in [0.717, 1.165) is 29.8 Å². The SMILES string of the molecule is CC(C)(C)n1ccc(C(=O)N2CCN(c3nc4ccccc4o3)CC2)c1. The highest BCUT2D eigenvalue weighted by Crippen LogP contribution is 2.23. The molecule has 0 aliphatic carbocycles. The first kappa shape index (κ1) is 16.7. The molecule has 4 rings (SSSR count). The van der Waals surface area contributed by atoms with Gasteiger partial charge in [0.15, 0.2) is 5.58 Å². The lowest BCUT2D eigenvalue weighted by molar-refractivity contribution is 0.0745. The summed E-state index contributed by atoms with van der Waals surface area (Å²) in [6.45, 7) is 9.15. The molecule has 1 aromatic carbocycles. The molecule has 3 aromatic rings. The van der Waals surface area contributed by atoms with Gasteiger partial charge in [-0.3, -0.25) is 4.79 Å². The van der Waals surface area contributed by atoms with Crippen LogP contribution in [-0.4, -0.2) is 46.5 Å². The Morgan fingerprint density at radius 3 is 2.46 bits per heavy atom. The van der Waals surface area contributed by atoms with E-state index < -0.39 is 0 Å². The first-order valence-electron chi connectivity index (χ1n) is 9.00. The van der Waals surface area contributed by atoms with Crippen molar-refractivity contribution >= 4 is 23.0 Å². The van der Waals surface area contributed by atoms with Crippen LogP contribution in [0.25, 0.3) is 11.1 Å². The number of rotatable bonds is 2. The van der Waals surface area contributed by atoms with Gasteiger partial charge in [0.1, 0.15) is 5.52 Å². The van der Waals surface area contributed by atoms with Crippen molar-refractivity contribution in [2.24, 2.45) is 0 Å². The molecule has 6 heteroatoms. The standard InChI is InChI=1S/C20H24N4O2/c1-20(2,3)24-9-8-15(14-24)18(25)22-10-12-23(13-11-22)19-21-16-6-4-5-7-17(16)26-19/h4-9,14H,10-13H2,1-3H3. The summed E-state index contributed by atoms with van der Waals surface area (Å²) in [5.41, 5.74) is 2.38. The van der Waals surface area contributed by atoms with Crippen molar-refractivity contribution in [2.75, 3.05) is 31.1 Å². The quantitative estimate of drug-likeness (QED) is 0.710. The average Bonchev–Trinajstić information content (AvgIpc) is 3.28. The predicted octanol–water partition coefficient (Wildman–Crippen LogP) is 3.35. The van der Waals surface area contributed by atoms with E-state index in [1.165, 1.54) is 0 Å². The third-order valence-corrected chi connectivity index (χ3v) is 4.83. The Labute approximate surface area is 153 Å². The van der Waals surface area contributed by atoms with Crippen molar-refractivity contribution in [3.63, 3.8) is 0 Å². The Morgan fingerprint density at radius 2 is 1.81 bits per heavy atom. The third-order valence-electron chi connectivity index (χ3n) is 4.83. The number of amides is 1. The van der Waals surface area contributed by atoms with E-state index in [9.17, 15) is 4.79 Å². The van der Waals surface area contributed by atoms with Crippen LogP contribution in [0.2, 0.25) is 0 Å². The fraction of sp³-hybridized carbons (Fsp3) is 0.400. The van der Waals surface area contributed by atoms with Gasteiger partial charge in [-0.15, -0.1) is 0 Å². The van der Waals surface area contributed by atoms with Crippen LogP contribution in [0.3, 0.4) is 0 Å². The summed E-state index contributed by atoms with van der Waals surface area (Å²) in [7, 11) is 0. The normalized spacial score (nSPS) is 15.7. The van der Waals surface area contributed by atoms with Crippen LogP contribution in [0.5, 0.6) is 0 Å². The minimum atomic E-state index is -0.0236. The summed E-state index contributed by atoms with van der Waals surface area (Å²) in [4.78, 5) is 21.3. The van der Waals surface area contributed by atoms with Crippen molar-refractivity contribution < 1.29 is 9.21 Å². The number of benzene rings is 1. The Morgan fingerprint density at radius 1 is 1.08 bits per heavy atom. The number of aromatic nitrogens is 2. The predicted molar refractivity (Wildman–Crippen MR) is 102 cm³/mol. The van der Waals surface area contributed by atoms with Gasteiger partial charge in [0.25, 0.3) is 11.9 Å². The summed E-state index contributed by atoms with van der Waals surface area (Å²) >= 11 is 0. The summed E-state index contributed by atoms with van der Waals surface area (Å²) in [5, 5.41) is 0. The molecule has 3 heterocycles. The fourth-order valence-electron chi connectivity index (χ4n) is 3.22. The second kappa shape index (κ2) is 6.20. The number of nitrogens with zero attached hydrogens (tertiary/aromatic N) is 4. The monoisotopic (exact) mass is 352 g/mol. The van der Waals surface area contributed by atoms with E-state index in [-0.39, 0.29) is 11.4 Å². The second-order valence-corrected chi connectivity index (χ2v) is 7.72. The average molecular weight is 352 g/mol. The van der Waals surface area contributed by atoms with Crippen LogP contribution in [0.15, 0.2) is 47.1 Å². The summed E-state index contributed by atoms with van der Waals surface area (Å²) in [5.74, 6) is 0.0882. The summed E-state index contributed by atoms with van der Waals surface area (Å²) < 4.78 is 7.91. The van der Waals surface area contributed by atoms with Gasteiger partial charge in [-0.05, 0) is 39.0 Å². The van der Waals surface area contributed by atoms with E-state index in [1.807, 2.05) is 47.6 Å². The van der Waals surface area contributed by atoms with Crippen molar-refractivity contribution in [2.45, 2.75) is 26.3 Å². The zero-order chi connectivity index (χ0) is 18.3. The number of para-hydroxylation sites is 2. The lowest BCUT2D eigenvalue weighted by Gasteiger charge is -2.33. The first-order chi connectivity index (χ1) is 12.4. The molecular formula is C20H24N4O2. The molecule has 136 valence electrons. The third kappa shape index (κ3) is 3.07. The molecule has 1 saturated heterocycles. The van der Waals surface area contributed by atoms with Gasteiger partial charge in [0.05, 0.1) is 5.56 Å². The molecule has 0 spiro atoms. The lowest BCUT2D eigenvalue weighted by atomic mass is 10.1. The molecule has 1 aliphatic rings. The number of piperazine rings is 1. The number of fused-ring (bicyclic) bond motifs is 1. The zero-order valence-corrected chi connectivity index (χ0v) is 15.5. The largest absolute Gasteiger partial charge is 0.423 e. The van der Waals surface area contributed by atoms with Gasteiger partial charge in [-0.25, -0.2) is 0 Å². The van der Waals surface area contributed by atoms with Gasteiger partial charge in [-0.1, -0.05) is 12.1 Å².